The smallest absolute Gasteiger partial charge is 0.175 e. The number of aliphatic hydroxyl groups excluding tert-OH is 1. The van der Waals surface area contributed by atoms with Gasteiger partial charge in [-0.25, -0.2) is 18.4 Å². The molecule has 0 atom stereocenters. The minimum Gasteiger partial charge on any atom is -0.390 e. The Balaban J connectivity index is 1.40. The molecule has 34 heavy (non-hydrogen) atoms. The first-order valence-electron chi connectivity index (χ1n) is 11.5. The lowest BCUT2D eigenvalue weighted by Gasteiger charge is -2.40. The summed E-state index contributed by atoms with van der Waals surface area (Å²) >= 11 is 6.43. The van der Waals surface area contributed by atoms with Gasteiger partial charge in [0, 0.05) is 24.9 Å². The number of aliphatic hydroxyl groups is 1. The molecule has 0 unspecified atom stereocenters. The molecule has 1 aromatic heterocycles. The van der Waals surface area contributed by atoms with E-state index in [1.807, 2.05) is 6.92 Å². The maximum absolute atomic E-state index is 11.9. The Bertz CT molecular complexity index is 1340. The molecule has 6 nitrogen and oxygen atoms in total. The molecule has 1 saturated heterocycles. The van der Waals surface area contributed by atoms with Crippen LogP contribution in [0.2, 0.25) is 5.02 Å². The number of hydrogen-bond donors (Lipinski definition) is 1. The zero-order valence-corrected chi connectivity index (χ0v) is 21.0. The number of piperidine rings is 1. The van der Waals surface area contributed by atoms with Crippen LogP contribution < -0.4 is 4.90 Å². The molecule has 3 aromatic rings. The summed E-state index contributed by atoms with van der Waals surface area (Å²) in [5.74, 6) is 0.720. The molecular weight excluding hydrogens is 470 g/mol. The van der Waals surface area contributed by atoms with Crippen LogP contribution >= 0.6 is 11.6 Å². The second-order valence-corrected chi connectivity index (χ2v) is 12.0. The molecule has 1 fully saturated rings. The Hall–Kier alpha value is -2.48. The number of benzene rings is 2. The Morgan fingerprint density at radius 1 is 1.06 bits per heavy atom. The topological polar surface area (TPSA) is 83.4 Å². The van der Waals surface area contributed by atoms with E-state index in [4.69, 9.17) is 21.6 Å². The van der Waals surface area contributed by atoms with Crippen molar-refractivity contribution in [3.8, 4) is 11.3 Å². The van der Waals surface area contributed by atoms with Crippen molar-refractivity contribution in [2.24, 2.45) is 5.41 Å². The van der Waals surface area contributed by atoms with Gasteiger partial charge in [0.15, 0.2) is 15.7 Å². The van der Waals surface area contributed by atoms with Gasteiger partial charge in [-0.05, 0) is 67.3 Å². The first kappa shape index (κ1) is 23.3. The van der Waals surface area contributed by atoms with E-state index in [2.05, 4.69) is 29.2 Å². The third kappa shape index (κ3) is 4.21. The van der Waals surface area contributed by atoms with Gasteiger partial charge in [0.1, 0.15) is 5.69 Å². The fourth-order valence-corrected chi connectivity index (χ4v) is 6.38. The van der Waals surface area contributed by atoms with Gasteiger partial charge in [-0.3, -0.25) is 0 Å². The van der Waals surface area contributed by atoms with E-state index >= 15 is 0 Å². The second-order valence-electron chi connectivity index (χ2n) is 9.61. The average Bonchev–Trinajstić information content (AvgIpc) is 3.16. The molecule has 2 heterocycles. The molecule has 1 aliphatic heterocycles. The molecule has 1 spiro atoms. The predicted octanol–water partition coefficient (Wildman–Crippen LogP) is 4.39. The molecular formula is C26H28ClN3O3S. The standard InChI is InChI=1S/C26H28ClN3O3S/c1-17-24(21-8-7-20(13-22(21)27)34(2,32)33)29-23(16-31)25(28-17)30-11-9-26(10-12-30)14-18-5-3-4-6-19(18)15-26/h3-8,13,31H,9-12,14-16H2,1-2H3. The van der Waals surface area contributed by atoms with Crippen LogP contribution in [0.3, 0.4) is 0 Å². The summed E-state index contributed by atoms with van der Waals surface area (Å²) in [5.41, 5.74) is 5.62. The molecule has 178 valence electrons. The maximum Gasteiger partial charge on any atom is 0.175 e. The van der Waals surface area contributed by atoms with Crippen LogP contribution in [0.1, 0.15) is 35.4 Å². The average molecular weight is 498 g/mol. The van der Waals surface area contributed by atoms with Crippen molar-refractivity contribution in [3.63, 3.8) is 0 Å². The zero-order valence-electron chi connectivity index (χ0n) is 19.4. The molecule has 1 aliphatic carbocycles. The van der Waals surface area contributed by atoms with Crippen molar-refractivity contribution in [1.29, 1.82) is 0 Å². The van der Waals surface area contributed by atoms with Crippen LogP contribution in [0.15, 0.2) is 47.4 Å². The Morgan fingerprint density at radius 2 is 1.71 bits per heavy atom. The van der Waals surface area contributed by atoms with E-state index in [0.717, 1.165) is 50.8 Å². The lowest BCUT2D eigenvalue weighted by atomic mass is 9.76. The molecule has 0 amide bonds. The lowest BCUT2D eigenvalue weighted by Crippen LogP contribution is -2.41. The van der Waals surface area contributed by atoms with Crippen molar-refractivity contribution in [2.45, 2.75) is 44.1 Å². The minimum atomic E-state index is -3.36. The Labute approximate surface area is 205 Å². The van der Waals surface area contributed by atoms with Crippen LogP contribution in [-0.2, 0) is 29.3 Å². The van der Waals surface area contributed by atoms with Crippen molar-refractivity contribution in [2.75, 3.05) is 24.2 Å². The fourth-order valence-electron chi connectivity index (χ4n) is 5.39. The highest BCUT2D eigenvalue weighted by atomic mass is 35.5. The van der Waals surface area contributed by atoms with Gasteiger partial charge in [-0.1, -0.05) is 35.9 Å². The lowest BCUT2D eigenvalue weighted by molar-refractivity contribution is 0.231. The number of hydrogen-bond acceptors (Lipinski definition) is 6. The van der Waals surface area contributed by atoms with Crippen molar-refractivity contribution >= 4 is 27.3 Å². The highest BCUT2D eigenvalue weighted by Crippen LogP contribution is 2.45. The summed E-state index contributed by atoms with van der Waals surface area (Å²) in [5, 5.41) is 10.4. The van der Waals surface area contributed by atoms with Gasteiger partial charge < -0.3 is 10.0 Å². The number of halogens is 1. The molecule has 0 saturated carbocycles. The largest absolute Gasteiger partial charge is 0.390 e. The SMILES string of the molecule is Cc1nc(N2CCC3(CC2)Cc2ccccc2C3)c(CO)nc1-c1ccc(S(C)(=O)=O)cc1Cl. The van der Waals surface area contributed by atoms with Gasteiger partial charge in [-0.2, -0.15) is 0 Å². The van der Waals surface area contributed by atoms with Gasteiger partial charge in [0.2, 0.25) is 0 Å². The number of nitrogens with zero attached hydrogens (tertiary/aromatic N) is 3. The van der Waals surface area contributed by atoms with E-state index in [0.29, 0.717) is 28.1 Å². The molecule has 2 aromatic carbocycles. The van der Waals surface area contributed by atoms with E-state index in [1.54, 1.807) is 6.07 Å². The summed E-state index contributed by atoms with van der Waals surface area (Å²) in [6.07, 6.45) is 5.57. The number of aromatic nitrogens is 2. The molecule has 0 radical (unpaired) electrons. The zero-order chi connectivity index (χ0) is 24.1. The monoisotopic (exact) mass is 497 g/mol. The van der Waals surface area contributed by atoms with Crippen LogP contribution in [0.5, 0.6) is 0 Å². The van der Waals surface area contributed by atoms with E-state index in [1.165, 1.54) is 23.3 Å². The molecule has 2 aliphatic rings. The second kappa shape index (κ2) is 8.63. The van der Waals surface area contributed by atoms with Crippen molar-refractivity contribution in [3.05, 3.63) is 70.0 Å². The van der Waals surface area contributed by atoms with Crippen LogP contribution in [-0.4, -0.2) is 42.8 Å². The van der Waals surface area contributed by atoms with Gasteiger partial charge in [0.25, 0.3) is 0 Å². The van der Waals surface area contributed by atoms with Gasteiger partial charge in [-0.15, -0.1) is 0 Å². The van der Waals surface area contributed by atoms with Crippen LogP contribution in [0.4, 0.5) is 5.82 Å². The van der Waals surface area contributed by atoms with E-state index in [-0.39, 0.29) is 16.5 Å². The summed E-state index contributed by atoms with van der Waals surface area (Å²) in [6.45, 7) is 3.38. The maximum atomic E-state index is 11.9. The van der Waals surface area contributed by atoms with E-state index in [9.17, 15) is 13.5 Å². The molecule has 5 rings (SSSR count). The first-order chi connectivity index (χ1) is 16.2. The third-order valence-corrected chi connectivity index (χ3v) is 8.69. The number of fused-ring (bicyclic) bond motifs is 1. The molecule has 1 N–H and O–H groups in total. The Kier molecular flexibility index (Phi) is 5.91. The van der Waals surface area contributed by atoms with Gasteiger partial charge >= 0.3 is 0 Å². The van der Waals surface area contributed by atoms with Crippen LogP contribution in [0.25, 0.3) is 11.3 Å². The number of aryl methyl sites for hydroxylation is 1. The van der Waals surface area contributed by atoms with Crippen LogP contribution in [0, 0.1) is 12.3 Å². The van der Waals surface area contributed by atoms with E-state index < -0.39 is 9.84 Å². The third-order valence-electron chi connectivity index (χ3n) is 7.27. The highest BCUT2D eigenvalue weighted by Gasteiger charge is 2.40. The van der Waals surface area contributed by atoms with Crippen molar-refractivity contribution in [1.82, 2.24) is 9.97 Å². The number of sulfone groups is 1. The Morgan fingerprint density at radius 3 is 2.26 bits per heavy atom. The minimum absolute atomic E-state index is 0.155. The molecule has 0 bridgehead atoms. The summed E-state index contributed by atoms with van der Waals surface area (Å²) in [7, 11) is -3.36. The summed E-state index contributed by atoms with van der Waals surface area (Å²) in [6, 6.07) is 13.4. The fraction of sp³-hybridized carbons (Fsp3) is 0.385. The quantitative estimate of drug-likeness (QED) is 0.575. The summed E-state index contributed by atoms with van der Waals surface area (Å²) in [4.78, 5) is 11.9. The summed E-state index contributed by atoms with van der Waals surface area (Å²) < 4.78 is 23.7. The van der Waals surface area contributed by atoms with Crippen molar-refractivity contribution < 1.29 is 13.5 Å². The highest BCUT2D eigenvalue weighted by molar-refractivity contribution is 7.90. The number of rotatable bonds is 4. The number of anilines is 1. The van der Waals surface area contributed by atoms with Gasteiger partial charge in [0.05, 0.1) is 27.9 Å². The first-order valence-corrected chi connectivity index (χ1v) is 13.8. The predicted molar refractivity (Wildman–Crippen MR) is 134 cm³/mol. The normalized spacial score (nSPS) is 17.2. The molecule has 8 heteroatoms.